The Morgan fingerprint density at radius 3 is 1.95 bits per heavy atom. The highest BCUT2D eigenvalue weighted by molar-refractivity contribution is 5.31. The zero-order chi connectivity index (χ0) is 14.9. The van der Waals surface area contributed by atoms with Crippen molar-refractivity contribution < 1.29 is 9.47 Å². The second-order valence-electron chi connectivity index (χ2n) is 4.96. The molecule has 0 unspecified atom stereocenters. The third-order valence-corrected chi connectivity index (χ3v) is 3.16. The number of benzene rings is 2. The minimum absolute atomic E-state index is 0.568. The Morgan fingerprint density at radius 2 is 1.38 bits per heavy atom. The van der Waals surface area contributed by atoms with Gasteiger partial charge < -0.3 is 15.2 Å². The molecule has 0 aromatic heterocycles. The van der Waals surface area contributed by atoms with Crippen molar-refractivity contribution in [2.24, 2.45) is 5.73 Å². The molecule has 0 aliphatic rings. The van der Waals surface area contributed by atoms with E-state index in [-0.39, 0.29) is 0 Å². The van der Waals surface area contributed by atoms with E-state index in [1.165, 1.54) is 5.56 Å². The summed E-state index contributed by atoms with van der Waals surface area (Å²) >= 11 is 0. The van der Waals surface area contributed by atoms with E-state index in [1.54, 1.807) is 0 Å². The molecule has 0 aliphatic heterocycles. The van der Waals surface area contributed by atoms with Crippen LogP contribution in [-0.4, -0.2) is 13.2 Å². The van der Waals surface area contributed by atoms with Crippen LogP contribution in [0.4, 0.5) is 0 Å². The summed E-state index contributed by atoms with van der Waals surface area (Å²) in [4.78, 5) is 0. The summed E-state index contributed by atoms with van der Waals surface area (Å²) in [5.41, 5.74) is 7.96. The Balaban J connectivity index is 1.84. The second kappa shape index (κ2) is 8.32. The van der Waals surface area contributed by atoms with E-state index in [0.29, 0.717) is 13.2 Å². The number of rotatable bonds is 8. The van der Waals surface area contributed by atoms with Gasteiger partial charge in [0.2, 0.25) is 0 Å². The number of ether oxygens (including phenoxy) is 2. The van der Waals surface area contributed by atoms with E-state index in [0.717, 1.165) is 36.5 Å². The van der Waals surface area contributed by atoms with Crippen molar-refractivity contribution >= 4 is 0 Å². The molecule has 0 aliphatic carbocycles. The molecule has 0 fully saturated rings. The first-order valence-corrected chi connectivity index (χ1v) is 7.45. The molecule has 2 rings (SSSR count). The van der Waals surface area contributed by atoms with Crippen LogP contribution in [0, 0.1) is 0 Å². The van der Waals surface area contributed by atoms with Crippen molar-refractivity contribution in [3.05, 3.63) is 59.7 Å². The van der Waals surface area contributed by atoms with Crippen LogP contribution in [0.1, 0.15) is 24.5 Å². The van der Waals surface area contributed by atoms with Gasteiger partial charge in [0, 0.05) is 0 Å². The van der Waals surface area contributed by atoms with Crippen LogP contribution in [0.3, 0.4) is 0 Å². The van der Waals surface area contributed by atoms with Gasteiger partial charge in [-0.1, -0.05) is 31.2 Å². The first kappa shape index (κ1) is 15.4. The zero-order valence-electron chi connectivity index (χ0n) is 12.5. The van der Waals surface area contributed by atoms with Gasteiger partial charge in [-0.15, -0.1) is 0 Å². The normalized spacial score (nSPS) is 10.4. The molecule has 0 amide bonds. The van der Waals surface area contributed by atoms with Crippen molar-refractivity contribution in [3.8, 4) is 11.5 Å². The molecule has 0 radical (unpaired) electrons. The van der Waals surface area contributed by atoms with Gasteiger partial charge in [-0.2, -0.15) is 0 Å². The summed E-state index contributed by atoms with van der Waals surface area (Å²) in [6.45, 7) is 4.09. The predicted octanol–water partition coefficient (Wildman–Crippen LogP) is 3.56. The van der Waals surface area contributed by atoms with Crippen molar-refractivity contribution in [1.29, 1.82) is 0 Å². The van der Waals surface area contributed by atoms with E-state index in [9.17, 15) is 0 Å². The lowest BCUT2D eigenvalue weighted by Gasteiger charge is -2.09. The van der Waals surface area contributed by atoms with Gasteiger partial charge in [0.15, 0.2) is 0 Å². The van der Waals surface area contributed by atoms with Crippen molar-refractivity contribution in [2.45, 2.75) is 26.4 Å². The highest BCUT2D eigenvalue weighted by Crippen LogP contribution is 2.19. The van der Waals surface area contributed by atoms with E-state index < -0.39 is 0 Å². The standard InChI is InChI=1S/C18H23NO2/c1-2-13-20-17-7-9-18(10-8-17)21-14-16-5-3-15(4-6-16)11-12-19/h3-10H,2,11-14,19H2,1H3. The first-order chi connectivity index (χ1) is 10.3. The van der Waals surface area contributed by atoms with Gasteiger partial charge in [0.25, 0.3) is 0 Å². The fourth-order valence-corrected chi connectivity index (χ4v) is 1.99. The molecule has 21 heavy (non-hydrogen) atoms. The Kier molecular flexibility index (Phi) is 6.10. The minimum atomic E-state index is 0.568. The van der Waals surface area contributed by atoms with Crippen molar-refractivity contribution in [1.82, 2.24) is 0 Å². The molecule has 0 heterocycles. The van der Waals surface area contributed by atoms with Crippen molar-refractivity contribution in [3.63, 3.8) is 0 Å². The van der Waals surface area contributed by atoms with Crippen LogP contribution in [0.15, 0.2) is 48.5 Å². The summed E-state index contributed by atoms with van der Waals surface area (Å²) in [7, 11) is 0. The third-order valence-electron chi connectivity index (χ3n) is 3.16. The van der Waals surface area contributed by atoms with Gasteiger partial charge in [-0.25, -0.2) is 0 Å². The van der Waals surface area contributed by atoms with Crippen LogP contribution in [0.5, 0.6) is 11.5 Å². The Hall–Kier alpha value is -2.00. The maximum absolute atomic E-state index is 5.77. The Morgan fingerprint density at radius 1 is 0.810 bits per heavy atom. The lowest BCUT2D eigenvalue weighted by atomic mass is 10.1. The summed E-state index contributed by atoms with van der Waals surface area (Å²) < 4.78 is 11.3. The molecular formula is C18H23NO2. The first-order valence-electron chi connectivity index (χ1n) is 7.45. The average Bonchev–Trinajstić information content (AvgIpc) is 2.53. The highest BCUT2D eigenvalue weighted by atomic mass is 16.5. The molecule has 2 N–H and O–H groups in total. The lowest BCUT2D eigenvalue weighted by Crippen LogP contribution is -2.03. The minimum Gasteiger partial charge on any atom is -0.494 e. The van der Waals surface area contributed by atoms with Crippen molar-refractivity contribution in [2.75, 3.05) is 13.2 Å². The van der Waals surface area contributed by atoms with Crippen LogP contribution in [0.2, 0.25) is 0 Å². The van der Waals surface area contributed by atoms with Crippen LogP contribution < -0.4 is 15.2 Å². The molecule has 3 nitrogen and oxygen atoms in total. The summed E-state index contributed by atoms with van der Waals surface area (Å²) in [6, 6.07) is 16.1. The Bertz CT molecular complexity index is 520. The number of hydrogen-bond donors (Lipinski definition) is 1. The maximum Gasteiger partial charge on any atom is 0.120 e. The van der Waals surface area contributed by atoms with Gasteiger partial charge in [-0.05, 0) is 54.8 Å². The summed E-state index contributed by atoms with van der Waals surface area (Å²) in [6.07, 6.45) is 1.93. The predicted molar refractivity (Wildman–Crippen MR) is 85.8 cm³/mol. The van der Waals surface area contributed by atoms with Gasteiger partial charge >= 0.3 is 0 Å². The highest BCUT2D eigenvalue weighted by Gasteiger charge is 1.98. The van der Waals surface area contributed by atoms with Crippen LogP contribution >= 0.6 is 0 Å². The Labute approximate surface area is 126 Å². The SMILES string of the molecule is CCCOc1ccc(OCc2ccc(CCN)cc2)cc1. The zero-order valence-corrected chi connectivity index (χ0v) is 12.5. The van der Waals surface area contributed by atoms with Gasteiger partial charge in [0.05, 0.1) is 6.61 Å². The fourth-order valence-electron chi connectivity index (χ4n) is 1.99. The molecule has 3 heteroatoms. The third kappa shape index (κ3) is 5.12. The summed E-state index contributed by atoms with van der Waals surface area (Å²) in [5, 5.41) is 0. The monoisotopic (exact) mass is 285 g/mol. The van der Waals surface area contributed by atoms with Gasteiger partial charge in [-0.3, -0.25) is 0 Å². The molecule has 0 saturated carbocycles. The molecule has 2 aromatic carbocycles. The van der Waals surface area contributed by atoms with Crippen LogP contribution in [-0.2, 0) is 13.0 Å². The number of nitrogens with two attached hydrogens (primary N) is 1. The number of hydrogen-bond acceptors (Lipinski definition) is 3. The van der Waals surface area contributed by atoms with E-state index >= 15 is 0 Å². The molecule has 0 bridgehead atoms. The smallest absolute Gasteiger partial charge is 0.120 e. The van der Waals surface area contributed by atoms with E-state index in [4.69, 9.17) is 15.2 Å². The van der Waals surface area contributed by atoms with Crippen LogP contribution in [0.25, 0.3) is 0 Å². The molecular weight excluding hydrogens is 262 g/mol. The van der Waals surface area contributed by atoms with E-state index in [1.807, 2.05) is 24.3 Å². The average molecular weight is 285 g/mol. The summed E-state index contributed by atoms with van der Waals surface area (Å²) in [5.74, 6) is 1.74. The second-order valence-corrected chi connectivity index (χ2v) is 4.96. The molecule has 2 aromatic rings. The van der Waals surface area contributed by atoms with E-state index in [2.05, 4.69) is 31.2 Å². The van der Waals surface area contributed by atoms with Gasteiger partial charge in [0.1, 0.15) is 18.1 Å². The molecule has 0 atom stereocenters. The largest absolute Gasteiger partial charge is 0.494 e. The fraction of sp³-hybridized carbons (Fsp3) is 0.333. The topological polar surface area (TPSA) is 44.5 Å². The quantitative estimate of drug-likeness (QED) is 0.806. The molecule has 0 spiro atoms. The lowest BCUT2D eigenvalue weighted by molar-refractivity contribution is 0.301. The maximum atomic E-state index is 5.77. The molecule has 112 valence electrons. The molecule has 0 saturated heterocycles.